The number of aromatic hydroxyl groups is 3. The number of phenols is 3. The van der Waals surface area contributed by atoms with Crippen LogP contribution in [0.25, 0.3) is 11.8 Å². The molecule has 0 aliphatic heterocycles. The van der Waals surface area contributed by atoms with Crippen LogP contribution in [0.2, 0.25) is 0 Å². The van der Waals surface area contributed by atoms with E-state index in [4.69, 9.17) is 0 Å². The summed E-state index contributed by atoms with van der Waals surface area (Å²) in [6, 6.07) is 9.99. The number of aliphatic hydroxyl groups excluding tert-OH is 1. The van der Waals surface area contributed by atoms with Crippen molar-refractivity contribution in [2.75, 3.05) is 0 Å². The highest BCUT2D eigenvalue weighted by atomic mass is 16.3. The molecule has 5 heteroatoms. The number of allylic oxidation sites excluding steroid dienone is 2. The molecule has 2 aromatic rings. The highest BCUT2D eigenvalue weighted by molar-refractivity contribution is 6.05. The summed E-state index contributed by atoms with van der Waals surface area (Å²) in [6.45, 7) is 0. The van der Waals surface area contributed by atoms with Gasteiger partial charge in [-0.15, -0.1) is 0 Å². The second kappa shape index (κ2) is 6.49. The first-order valence-electron chi connectivity index (χ1n) is 6.40. The summed E-state index contributed by atoms with van der Waals surface area (Å²) in [5.41, 5.74) is 0.410. The third kappa shape index (κ3) is 3.67. The lowest BCUT2D eigenvalue weighted by Gasteiger charge is -2.02. The van der Waals surface area contributed by atoms with Crippen LogP contribution in [0.4, 0.5) is 0 Å². The Labute approximate surface area is 126 Å². The van der Waals surface area contributed by atoms with Gasteiger partial charge in [0.1, 0.15) is 23.0 Å². The zero-order valence-corrected chi connectivity index (χ0v) is 11.5. The van der Waals surface area contributed by atoms with Gasteiger partial charge in [0.25, 0.3) is 0 Å². The Morgan fingerprint density at radius 3 is 2.41 bits per heavy atom. The lowest BCUT2D eigenvalue weighted by molar-refractivity contribution is -0.110. The maximum Gasteiger partial charge on any atom is 0.182 e. The molecule has 0 aliphatic carbocycles. The zero-order valence-electron chi connectivity index (χ0n) is 11.5. The van der Waals surface area contributed by atoms with Gasteiger partial charge in [-0.25, -0.2) is 0 Å². The zero-order chi connectivity index (χ0) is 16.1. The van der Waals surface area contributed by atoms with E-state index in [2.05, 4.69) is 0 Å². The summed E-state index contributed by atoms with van der Waals surface area (Å²) in [4.78, 5) is 11.8. The minimum Gasteiger partial charge on any atom is -0.508 e. The molecule has 112 valence electrons. The van der Waals surface area contributed by atoms with Gasteiger partial charge in [0, 0.05) is 11.6 Å². The van der Waals surface area contributed by atoms with Crippen molar-refractivity contribution < 1.29 is 25.2 Å². The van der Waals surface area contributed by atoms with E-state index in [1.807, 2.05) is 0 Å². The number of ketones is 1. The van der Waals surface area contributed by atoms with Gasteiger partial charge in [-0.3, -0.25) is 4.79 Å². The molecule has 2 rings (SSSR count). The molecule has 0 aliphatic rings. The molecule has 4 N–H and O–H groups in total. The van der Waals surface area contributed by atoms with Gasteiger partial charge < -0.3 is 20.4 Å². The summed E-state index contributed by atoms with van der Waals surface area (Å²) >= 11 is 0. The van der Waals surface area contributed by atoms with Crippen molar-refractivity contribution in [3.05, 3.63) is 65.7 Å². The number of carbonyl (C=O) groups is 1. The quantitative estimate of drug-likeness (QED) is 0.395. The molecule has 0 unspecified atom stereocenters. The number of aliphatic hydroxyl groups is 1. The van der Waals surface area contributed by atoms with E-state index in [-0.39, 0.29) is 34.1 Å². The normalized spacial score (nSPS) is 11.7. The largest absolute Gasteiger partial charge is 0.508 e. The Morgan fingerprint density at radius 1 is 0.955 bits per heavy atom. The lowest BCUT2D eigenvalue weighted by Crippen LogP contribution is -1.91. The van der Waals surface area contributed by atoms with Crippen LogP contribution in [0, 0.1) is 0 Å². The Bertz CT molecular complexity index is 759. The standard InChI is InChI=1S/C17H14O5/c18-12-7-8-15(20)11(9-12)5-6-13(19)10-17(22)14-3-1-2-4-16(14)21/h1-10,18,20-22H/b6-5+,17-10-. The summed E-state index contributed by atoms with van der Waals surface area (Å²) in [5, 5.41) is 38.3. The van der Waals surface area contributed by atoms with Crippen molar-refractivity contribution in [3.63, 3.8) is 0 Å². The summed E-state index contributed by atoms with van der Waals surface area (Å²) < 4.78 is 0. The lowest BCUT2D eigenvalue weighted by atomic mass is 10.1. The molecule has 0 spiro atoms. The van der Waals surface area contributed by atoms with E-state index < -0.39 is 5.78 Å². The number of phenolic OH excluding ortho intramolecular Hbond substituents is 3. The van der Waals surface area contributed by atoms with Gasteiger partial charge in [0.05, 0.1) is 5.56 Å². The molecule has 0 bridgehead atoms. The number of hydrogen-bond acceptors (Lipinski definition) is 5. The van der Waals surface area contributed by atoms with Gasteiger partial charge in [-0.1, -0.05) is 12.1 Å². The van der Waals surface area contributed by atoms with Crippen molar-refractivity contribution in [1.29, 1.82) is 0 Å². The fourth-order valence-corrected chi connectivity index (χ4v) is 1.80. The van der Waals surface area contributed by atoms with Crippen molar-refractivity contribution in [1.82, 2.24) is 0 Å². The van der Waals surface area contributed by atoms with Crippen LogP contribution in [-0.4, -0.2) is 26.2 Å². The van der Waals surface area contributed by atoms with Crippen molar-refractivity contribution in [3.8, 4) is 17.2 Å². The van der Waals surface area contributed by atoms with E-state index in [9.17, 15) is 25.2 Å². The Hall–Kier alpha value is -3.21. The average Bonchev–Trinajstić information content (AvgIpc) is 2.48. The molecule has 0 saturated heterocycles. The van der Waals surface area contributed by atoms with Crippen molar-refractivity contribution in [2.45, 2.75) is 0 Å². The summed E-state index contributed by atoms with van der Waals surface area (Å²) in [5.74, 6) is -1.18. The Morgan fingerprint density at radius 2 is 1.68 bits per heavy atom. The second-order valence-corrected chi connectivity index (χ2v) is 4.53. The van der Waals surface area contributed by atoms with Crippen LogP contribution in [0.5, 0.6) is 17.2 Å². The number of rotatable bonds is 4. The van der Waals surface area contributed by atoms with Gasteiger partial charge in [-0.2, -0.15) is 0 Å². The van der Waals surface area contributed by atoms with Crippen molar-refractivity contribution in [2.24, 2.45) is 0 Å². The van der Waals surface area contributed by atoms with Gasteiger partial charge in [0.2, 0.25) is 0 Å². The van der Waals surface area contributed by atoms with Crippen LogP contribution < -0.4 is 0 Å². The van der Waals surface area contributed by atoms with Gasteiger partial charge >= 0.3 is 0 Å². The first-order valence-corrected chi connectivity index (χ1v) is 6.40. The molecule has 22 heavy (non-hydrogen) atoms. The fourth-order valence-electron chi connectivity index (χ4n) is 1.80. The molecule has 0 saturated carbocycles. The maximum atomic E-state index is 11.8. The van der Waals surface area contributed by atoms with Crippen LogP contribution in [0.15, 0.2) is 54.6 Å². The highest BCUT2D eigenvalue weighted by Gasteiger charge is 2.06. The summed E-state index contributed by atoms with van der Waals surface area (Å²) in [6.07, 6.45) is 3.39. The predicted octanol–water partition coefficient (Wildman–Crippen LogP) is 2.98. The number of carbonyl (C=O) groups excluding carboxylic acids is 1. The third-order valence-corrected chi connectivity index (χ3v) is 2.90. The van der Waals surface area contributed by atoms with E-state index in [1.54, 1.807) is 12.1 Å². The predicted molar refractivity (Wildman–Crippen MR) is 82.5 cm³/mol. The molecule has 0 heterocycles. The molecule has 0 atom stereocenters. The first kappa shape index (κ1) is 15.2. The number of para-hydroxylation sites is 1. The molecule has 0 amide bonds. The van der Waals surface area contributed by atoms with Gasteiger partial charge in [-0.05, 0) is 42.5 Å². The first-order chi connectivity index (χ1) is 10.5. The SMILES string of the molecule is O=C(/C=C(\O)c1ccccc1O)/C=C/c1cc(O)ccc1O. The second-order valence-electron chi connectivity index (χ2n) is 4.53. The Kier molecular flexibility index (Phi) is 4.48. The fraction of sp³-hybridized carbons (Fsp3) is 0. The molecule has 0 radical (unpaired) electrons. The third-order valence-electron chi connectivity index (χ3n) is 2.90. The molecule has 5 nitrogen and oxygen atoms in total. The molecule has 0 aromatic heterocycles. The molecule has 2 aromatic carbocycles. The smallest absolute Gasteiger partial charge is 0.182 e. The van der Waals surface area contributed by atoms with Crippen molar-refractivity contribution >= 4 is 17.6 Å². The summed E-state index contributed by atoms with van der Waals surface area (Å²) in [7, 11) is 0. The molecular weight excluding hydrogens is 284 g/mol. The highest BCUT2D eigenvalue weighted by Crippen LogP contribution is 2.24. The van der Waals surface area contributed by atoms with E-state index in [0.717, 1.165) is 12.2 Å². The monoisotopic (exact) mass is 298 g/mol. The number of hydrogen-bond donors (Lipinski definition) is 4. The van der Waals surface area contributed by atoms with Crippen LogP contribution >= 0.6 is 0 Å². The molecule has 0 fully saturated rings. The van der Waals surface area contributed by atoms with Crippen LogP contribution in [-0.2, 0) is 4.79 Å². The van der Waals surface area contributed by atoms with E-state index >= 15 is 0 Å². The topological polar surface area (TPSA) is 98.0 Å². The minimum absolute atomic E-state index is 0.0440. The van der Waals surface area contributed by atoms with Crippen LogP contribution in [0.1, 0.15) is 11.1 Å². The van der Waals surface area contributed by atoms with E-state index in [1.165, 1.54) is 36.4 Å². The van der Waals surface area contributed by atoms with Crippen LogP contribution in [0.3, 0.4) is 0 Å². The van der Waals surface area contributed by atoms with Gasteiger partial charge in [0.15, 0.2) is 5.78 Å². The average molecular weight is 298 g/mol. The maximum absolute atomic E-state index is 11.8. The molecular formula is C17H14O5. The number of benzene rings is 2. The van der Waals surface area contributed by atoms with E-state index in [0.29, 0.717) is 0 Å². The minimum atomic E-state index is -0.538. The Balaban J connectivity index is 2.19.